The second-order valence-electron chi connectivity index (χ2n) is 4.14. The highest BCUT2D eigenvalue weighted by atomic mass is 35.5. The van der Waals surface area contributed by atoms with Crippen LogP contribution in [0.2, 0.25) is 5.02 Å². The van der Waals surface area contributed by atoms with Crippen molar-refractivity contribution in [3.63, 3.8) is 0 Å². The van der Waals surface area contributed by atoms with E-state index >= 15 is 0 Å². The Morgan fingerprint density at radius 2 is 2.28 bits per heavy atom. The van der Waals surface area contributed by atoms with Crippen molar-refractivity contribution in [2.45, 2.75) is 12.8 Å². The fourth-order valence-corrected chi connectivity index (χ4v) is 1.99. The van der Waals surface area contributed by atoms with Crippen LogP contribution in [0.4, 0.5) is 5.69 Å². The highest BCUT2D eigenvalue weighted by molar-refractivity contribution is 6.30. The minimum absolute atomic E-state index is 0.689. The first kappa shape index (κ1) is 12.9. The molecule has 5 heteroatoms. The molecule has 1 aromatic carbocycles. The lowest BCUT2D eigenvalue weighted by atomic mass is 10.1. The molecule has 4 N–H and O–H groups in total. The summed E-state index contributed by atoms with van der Waals surface area (Å²) >= 11 is 5.97. The smallest absolute Gasteiger partial charge is 0.0759 e. The molecule has 4 nitrogen and oxygen atoms in total. The summed E-state index contributed by atoms with van der Waals surface area (Å²) in [6, 6.07) is 7.84. The van der Waals surface area contributed by atoms with Crippen LogP contribution < -0.4 is 11.1 Å². The van der Waals surface area contributed by atoms with E-state index in [0.717, 1.165) is 41.4 Å². The third kappa shape index (κ3) is 3.48. The van der Waals surface area contributed by atoms with Crippen LogP contribution in [-0.4, -0.2) is 23.3 Å². The number of nitrogens with zero attached hydrogens (tertiary/aromatic N) is 1. The van der Waals surface area contributed by atoms with Crippen molar-refractivity contribution in [1.29, 1.82) is 0 Å². The minimum atomic E-state index is 0.689. The first-order chi connectivity index (χ1) is 8.79. The van der Waals surface area contributed by atoms with Crippen LogP contribution in [0.25, 0.3) is 0 Å². The molecule has 0 fully saturated rings. The molecular weight excluding hydrogens is 248 g/mol. The van der Waals surface area contributed by atoms with E-state index in [1.54, 1.807) is 6.20 Å². The maximum absolute atomic E-state index is 5.97. The van der Waals surface area contributed by atoms with Gasteiger partial charge in [0.2, 0.25) is 0 Å². The van der Waals surface area contributed by atoms with Crippen LogP contribution in [0.3, 0.4) is 0 Å². The molecule has 0 aliphatic rings. The van der Waals surface area contributed by atoms with Gasteiger partial charge in [0.1, 0.15) is 0 Å². The van der Waals surface area contributed by atoms with Crippen molar-refractivity contribution in [1.82, 2.24) is 10.2 Å². The van der Waals surface area contributed by atoms with Gasteiger partial charge in [0.15, 0.2) is 0 Å². The average Bonchev–Trinajstić information content (AvgIpc) is 2.77. The monoisotopic (exact) mass is 264 g/mol. The molecule has 0 saturated heterocycles. The maximum atomic E-state index is 5.97. The Morgan fingerprint density at radius 3 is 3.06 bits per heavy atom. The molecule has 0 radical (unpaired) electrons. The number of aromatic amines is 1. The van der Waals surface area contributed by atoms with Gasteiger partial charge >= 0.3 is 0 Å². The number of benzene rings is 1. The van der Waals surface area contributed by atoms with E-state index in [0.29, 0.717) is 6.54 Å². The van der Waals surface area contributed by atoms with E-state index < -0.39 is 0 Å². The molecule has 0 unspecified atom stereocenters. The molecule has 2 rings (SSSR count). The van der Waals surface area contributed by atoms with Crippen molar-refractivity contribution >= 4 is 17.3 Å². The molecule has 0 saturated carbocycles. The molecule has 0 spiro atoms. The van der Waals surface area contributed by atoms with E-state index in [1.165, 1.54) is 0 Å². The van der Waals surface area contributed by atoms with Crippen molar-refractivity contribution < 1.29 is 0 Å². The molecule has 96 valence electrons. The lowest BCUT2D eigenvalue weighted by Crippen LogP contribution is -2.09. The summed E-state index contributed by atoms with van der Waals surface area (Å²) in [5.41, 5.74) is 8.72. The summed E-state index contributed by atoms with van der Waals surface area (Å²) in [5.74, 6) is 0. The van der Waals surface area contributed by atoms with Crippen molar-refractivity contribution in [3.8, 4) is 0 Å². The first-order valence-corrected chi connectivity index (χ1v) is 6.38. The molecular formula is C13H17ClN4. The van der Waals surface area contributed by atoms with Crippen LogP contribution in [0, 0.1) is 0 Å². The molecule has 1 heterocycles. The molecule has 0 bridgehead atoms. The first-order valence-electron chi connectivity index (χ1n) is 6.00. The van der Waals surface area contributed by atoms with Gasteiger partial charge in [0, 0.05) is 18.0 Å². The summed E-state index contributed by atoms with van der Waals surface area (Å²) in [5, 5.41) is 11.2. The Hall–Kier alpha value is -1.52. The van der Waals surface area contributed by atoms with Gasteiger partial charge in [0.05, 0.1) is 17.6 Å². The van der Waals surface area contributed by atoms with E-state index in [1.807, 2.05) is 18.2 Å². The van der Waals surface area contributed by atoms with Crippen LogP contribution in [0.1, 0.15) is 17.7 Å². The highest BCUT2D eigenvalue weighted by Crippen LogP contribution is 2.18. The Morgan fingerprint density at radius 1 is 1.39 bits per heavy atom. The zero-order chi connectivity index (χ0) is 12.8. The summed E-state index contributed by atoms with van der Waals surface area (Å²) in [4.78, 5) is 0. The molecule has 0 atom stereocenters. The van der Waals surface area contributed by atoms with Crippen LogP contribution in [-0.2, 0) is 6.42 Å². The quantitative estimate of drug-likeness (QED) is 0.702. The van der Waals surface area contributed by atoms with Gasteiger partial charge in [-0.05, 0) is 30.7 Å². The molecule has 0 amide bonds. The Balaban J connectivity index is 2.03. The van der Waals surface area contributed by atoms with Gasteiger partial charge in [0.25, 0.3) is 0 Å². The van der Waals surface area contributed by atoms with Gasteiger partial charge in [-0.3, -0.25) is 5.10 Å². The van der Waals surface area contributed by atoms with Crippen molar-refractivity contribution in [2.75, 3.05) is 18.4 Å². The topological polar surface area (TPSA) is 66.7 Å². The molecule has 1 aromatic heterocycles. The fraction of sp³-hybridized carbons (Fsp3) is 0.308. The van der Waals surface area contributed by atoms with Crippen molar-refractivity contribution in [3.05, 3.63) is 46.7 Å². The number of aromatic nitrogens is 2. The van der Waals surface area contributed by atoms with Crippen molar-refractivity contribution in [2.24, 2.45) is 5.73 Å². The maximum Gasteiger partial charge on any atom is 0.0759 e. The van der Waals surface area contributed by atoms with Gasteiger partial charge in [-0.2, -0.15) is 5.10 Å². The predicted octanol–water partition coefficient (Wildman–Crippen LogP) is 2.41. The van der Waals surface area contributed by atoms with E-state index in [9.17, 15) is 0 Å². The largest absolute Gasteiger partial charge is 0.382 e. The zero-order valence-electron chi connectivity index (χ0n) is 10.1. The number of halogens is 1. The SMILES string of the molecule is NCCCNc1cn[nH]c1Cc1cccc(Cl)c1. The van der Waals surface area contributed by atoms with Crippen LogP contribution in [0.15, 0.2) is 30.5 Å². The number of anilines is 1. The van der Waals surface area contributed by atoms with E-state index in [-0.39, 0.29) is 0 Å². The third-order valence-corrected chi connectivity index (χ3v) is 2.92. The number of nitrogens with one attached hydrogen (secondary N) is 2. The Labute approximate surface area is 112 Å². The highest BCUT2D eigenvalue weighted by Gasteiger charge is 2.05. The summed E-state index contributed by atoms with van der Waals surface area (Å²) in [6.45, 7) is 1.55. The second kappa shape index (κ2) is 6.42. The lowest BCUT2D eigenvalue weighted by molar-refractivity contribution is 0.872. The fourth-order valence-electron chi connectivity index (χ4n) is 1.78. The lowest BCUT2D eigenvalue weighted by Gasteiger charge is -2.06. The van der Waals surface area contributed by atoms with Crippen LogP contribution in [0.5, 0.6) is 0 Å². The summed E-state index contributed by atoms with van der Waals surface area (Å²) in [6.07, 6.45) is 3.53. The Bertz CT molecular complexity index is 495. The predicted molar refractivity (Wildman–Crippen MR) is 75.0 cm³/mol. The van der Waals surface area contributed by atoms with E-state index in [4.69, 9.17) is 17.3 Å². The zero-order valence-corrected chi connectivity index (χ0v) is 10.9. The van der Waals surface area contributed by atoms with E-state index in [2.05, 4.69) is 21.6 Å². The molecule has 0 aliphatic carbocycles. The average molecular weight is 265 g/mol. The summed E-state index contributed by atoms with van der Waals surface area (Å²) in [7, 11) is 0. The number of hydrogen-bond donors (Lipinski definition) is 3. The number of rotatable bonds is 6. The van der Waals surface area contributed by atoms with Gasteiger partial charge in [-0.25, -0.2) is 0 Å². The third-order valence-electron chi connectivity index (χ3n) is 2.68. The summed E-state index contributed by atoms with van der Waals surface area (Å²) < 4.78 is 0. The second-order valence-corrected chi connectivity index (χ2v) is 4.57. The number of H-pyrrole nitrogens is 1. The van der Waals surface area contributed by atoms with Gasteiger partial charge < -0.3 is 11.1 Å². The van der Waals surface area contributed by atoms with Gasteiger partial charge in [-0.15, -0.1) is 0 Å². The van der Waals surface area contributed by atoms with Crippen LogP contribution >= 0.6 is 11.6 Å². The molecule has 2 aromatic rings. The Kier molecular flexibility index (Phi) is 4.61. The number of hydrogen-bond acceptors (Lipinski definition) is 3. The van der Waals surface area contributed by atoms with Gasteiger partial charge in [-0.1, -0.05) is 23.7 Å². The number of nitrogens with two attached hydrogens (primary N) is 1. The normalized spacial score (nSPS) is 10.6. The molecule has 18 heavy (non-hydrogen) atoms. The minimum Gasteiger partial charge on any atom is -0.382 e. The molecule has 0 aliphatic heterocycles. The standard InChI is InChI=1S/C13H17ClN4/c14-11-4-1-3-10(7-11)8-12-13(9-17-18-12)16-6-2-5-15/h1,3-4,7,9,16H,2,5-6,8,15H2,(H,17,18).